The van der Waals surface area contributed by atoms with E-state index in [4.69, 9.17) is 0 Å². The molecule has 1 aliphatic rings. The van der Waals surface area contributed by atoms with Crippen LogP contribution >= 0.6 is 0 Å². The number of H-pyrrole nitrogens is 1. The number of benzene rings is 2. The standard InChI is InChI=1S/C22H24N4O3/c1-24-13-14-25(19(15-24)16-7-3-2-4-8-16)20(27)11-12-26-18-10-6-5-9-17(18)21(28)23-22(26)29/h2-10,19H,11-15H2,1H3,(H,23,28,29)/t19-/m1/s1. The molecule has 0 unspecified atom stereocenters. The van der Waals surface area contributed by atoms with Gasteiger partial charge in [0.15, 0.2) is 0 Å². The number of nitrogens with zero attached hydrogens (tertiary/aromatic N) is 3. The number of hydrogen-bond donors (Lipinski definition) is 1. The Balaban J connectivity index is 1.57. The van der Waals surface area contributed by atoms with Crippen LogP contribution < -0.4 is 11.2 Å². The van der Waals surface area contributed by atoms with Gasteiger partial charge in [-0.3, -0.25) is 19.1 Å². The lowest BCUT2D eigenvalue weighted by atomic mass is 10.0. The highest BCUT2D eigenvalue weighted by Gasteiger charge is 2.29. The zero-order chi connectivity index (χ0) is 20.4. The molecule has 2 aromatic carbocycles. The molecule has 2 heterocycles. The SMILES string of the molecule is CN1CCN(C(=O)CCn2c(=O)[nH]c(=O)c3ccccc32)[C@@H](c2ccccc2)C1. The maximum absolute atomic E-state index is 13.1. The summed E-state index contributed by atoms with van der Waals surface area (Å²) in [6, 6.07) is 17.0. The molecule has 4 rings (SSSR count). The summed E-state index contributed by atoms with van der Waals surface area (Å²) in [5, 5.41) is 0.446. The number of carbonyl (C=O) groups is 1. The van der Waals surface area contributed by atoms with Crippen LogP contribution in [0.15, 0.2) is 64.2 Å². The Bertz CT molecular complexity index is 1140. The first-order valence-corrected chi connectivity index (χ1v) is 9.79. The topological polar surface area (TPSA) is 78.4 Å². The summed E-state index contributed by atoms with van der Waals surface area (Å²) in [5.74, 6) is 0.00846. The van der Waals surface area contributed by atoms with Gasteiger partial charge in [0.25, 0.3) is 5.56 Å². The Morgan fingerprint density at radius 3 is 2.55 bits per heavy atom. The molecule has 3 aromatic rings. The zero-order valence-corrected chi connectivity index (χ0v) is 16.4. The first-order chi connectivity index (χ1) is 14.0. The second-order valence-corrected chi connectivity index (χ2v) is 7.45. The van der Waals surface area contributed by atoms with Gasteiger partial charge >= 0.3 is 5.69 Å². The maximum Gasteiger partial charge on any atom is 0.328 e. The normalized spacial score (nSPS) is 17.6. The second-order valence-electron chi connectivity index (χ2n) is 7.45. The molecule has 29 heavy (non-hydrogen) atoms. The van der Waals surface area contributed by atoms with Gasteiger partial charge in [-0.1, -0.05) is 42.5 Å². The summed E-state index contributed by atoms with van der Waals surface area (Å²) in [4.78, 5) is 43.9. The molecule has 0 saturated carbocycles. The Morgan fingerprint density at radius 2 is 1.76 bits per heavy atom. The van der Waals surface area contributed by atoms with Crippen LogP contribution in [0, 0.1) is 0 Å². The van der Waals surface area contributed by atoms with Gasteiger partial charge in [-0.25, -0.2) is 4.79 Å². The highest BCUT2D eigenvalue weighted by atomic mass is 16.2. The number of carbonyl (C=O) groups excluding carboxylic acids is 1. The Morgan fingerprint density at radius 1 is 1.03 bits per heavy atom. The number of nitrogens with one attached hydrogen (secondary N) is 1. The number of hydrogen-bond acceptors (Lipinski definition) is 4. The molecule has 1 fully saturated rings. The number of aromatic nitrogens is 2. The molecule has 0 aliphatic carbocycles. The van der Waals surface area contributed by atoms with E-state index < -0.39 is 11.2 Å². The number of aromatic amines is 1. The fourth-order valence-electron chi connectivity index (χ4n) is 3.99. The van der Waals surface area contributed by atoms with Crippen molar-refractivity contribution in [2.75, 3.05) is 26.7 Å². The molecule has 1 amide bonds. The number of likely N-dealkylation sites (N-methyl/N-ethyl adjacent to an activating group) is 1. The number of rotatable bonds is 4. The van der Waals surface area contributed by atoms with Crippen molar-refractivity contribution >= 4 is 16.8 Å². The van der Waals surface area contributed by atoms with Gasteiger partial charge in [0.1, 0.15) is 0 Å². The van der Waals surface area contributed by atoms with Gasteiger partial charge in [0, 0.05) is 32.6 Å². The van der Waals surface area contributed by atoms with Crippen LogP contribution in [0.2, 0.25) is 0 Å². The molecule has 0 radical (unpaired) electrons. The van der Waals surface area contributed by atoms with E-state index in [1.54, 1.807) is 24.3 Å². The van der Waals surface area contributed by atoms with Crippen LogP contribution in [-0.2, 0) is 11.3 Å². The van der Waals surface area contributed by atoms with Crippen LogP contribution in [0.5, 0.6) is 0 Å². The first-order valence-electron chi connectivity index (χ1n) is 9.79. The van der Waals surface area contributed by atoms with E-state index in [0.29, 0.717) is 17.4 Å². The van der Waals surface area contributed by atoms with Crippen molar-refractivity contribution in [1.29, 1.82) is 0 Å². The zero-order valence-electron chi connectivity index (χ0n) is 16.4. The molecule has 0 spiro atoms. The molecule has 1 atom stereocenters. The van der Waals surface area contributed by atoms with Crippen molar-refractivity contribution < 1.29 is 4.79 Å². The van der Waals surface area contributed by atoms with Crippen molar-refractivity contribution in [3.63, 3.8) is 0 Å². The van der Waals surface area contributed by atoms with Crippen molar-refractivity contribution in [2.45, 2.75) is 19.0 Å². The largest absolute Gasteiger partial charge is 0.333 e. The van der Waals surface area contributed by atoms with Crippen LogP contribution in [0.4, 0.5) is 0 Å². The van der Waals surface area contributed by atoms with E-state index >= 15 is 0 Å². The van der Waals surface area contributed by atoms with E-state index in [-0.39, 0.29) is 24.9 Å². The van der Waals surface area contributed by atoms with Crippen molar-refractivity contribution in [3.05, 3.63) is 81.0 Å². The minimum absolute atomic E-state index is 0.00787. The van der Waals surface area contributed by atoms with Crippen LogP contribution in [0.25, 0.3) is 10.9 Å². The van der Waals surface area contributed by atoms with Gasteiger partial charge in [-0.15, -0.1) is 0 Å². The Labute approximate surface area is 168 Å². The van der Waals surface area contributed by atoms with Gasteiger partial charge in [-0.05, 0) is 24.7 Å². The van der Waals surface area contributed by atoms with Gasteiger partial charge in [-0.2, -0.15) is 0 Å². The lowest BCUT2D eigenvalue weighted by Crippen LogP contribution is -2.49. The number of para-hydroxylation sites is 1. The molecular weight excluding hydrogens is 368 g/mol. The van der Waals surface area contributed by atoms with Crippen molar-refractivity contribution in [1.82, 2.24) is 19.4 Å². The predicted octanol–water partition coefficient (Wildman–Crippen LogP) is 1.60. The molecule has 0 bridgehead atoms. The van der Waals surface area contributed by atoms with Crippen LogP contribution in [0.3, 0.4) is 0 Å². The van der Waals surface area contributed by atoms with Crippen LogP contribution in [0.1, 0.15) is 18.0 Å². The van der Waals surface area contributed by atoms with E-state index in [9.17, 15) is 14.4 Å². The fraction of sp³-hybridized carbons (Fsp3) is 0.318. The molecule has 150 valence electrons. The molecule has 7 heteroatoms. The second kappa shape index (κ2) is 8.05. The number of piperazine rings is 1. The minimum atomic E-state index is -0.487. The summed E-state index contributed by atoms with van der Waals surface area (Å²) in [5.41, 5.74) is 0.766. The third-order valence-electron chi connectivity index (χ3n) is 5.54. The smallest absolute Gasteiger partial charge is 0.328 e. The lowest BCUT2D eigenvalue weighted by Gasteiger charge is -2.40. The molecule has 1 aromatic heterocycles. The average Bonchev–Trinajstić information content (AvgIpc) is 2.74. The summed E-state index contributed by atoms with van der Waals surface area (Å²) in [6.45, 7) is 2.47. The third kappa shape index (κ3) is 3.86. The molecule has 1 aliphatic heterocycles. The third-order valence-corrected chi connectivity index (χ3v) is 5.54. The summed E-state index contributed by atoms with van der Waals surface area (Å²) in [6.07, 6.45) is 0.197. The van der Waals surface area contributed by atoms with Gasteiger partial charge < -0.3 is 9.80 Å². The highest BCUT2D eigenvalue weighted by Crippen LogP contribution is 2.25. The summed E-state index contributed by atoms with van der Waals surface area (Å²) >= 11 is 0. The molecule has 7 nitrogen and oxygen atoms in total. The van der Waals surface area contributed by atoms with E-state index in [1.807, 2.05) is 35.2 Å². The molecule has 1 saturated heterocycles. The number of amides is 1. The van der Waals surface area contributed by atoms with E-state index in [1.165, 1.54) is 4.57 Å². The first kappa shape index (κ1) is 19.1. The van der Waals surface area contributed by atoms with Crippen LogP contribution in [-0.4, -0.2) is 51.9 Å². The molecular formula is C22H24N4O3. The summed E-state index contributed by atoms with van der Waals surface area (Å²) < 4.78 is 1.47. The van der Waals surface area contributed by atoms with E-state index in [2.05, 4.69) is 16.9 Å². The Hall–Kier alpha value is -3.19. The Kier molecular flexibility index (Phi) is 5.31. The van der Waals surface area contributed by atoms with Gasteiger partial charge in [0.05, 0.1) is 16.9 Å². The number of aryl methyl sites for hydroxylation is 1. The number of fused-ring (bicyclic) bond motifs is 1. The monoisotopic (exact) mass is 392 g/mol. The molecule has 1 N–H and O–H groups in total. The van der Waals surface area contributed by atoms with Gasteiger partial charge in [0.2, 0.25) is 5.91 Å². The van der Waals surface area contributed by atoms with Crippen molar-refractivity contribution in [2.24, 2.45) is 0 Å². The van der Waals surface area contributed by atoms with E-state index in [0.717, 1.165) is 18.7 Å². The predicted molar refractivity (Wildman–Crippen MR) is 112 cm³/mol. The lowest BCUT2D eigenvalue weighted by molar-refractivity contribution is -0.136. The van der Waals surface area contributed by atoms with Crippen molar-refractivity contribution in [3.8, 4) is 0 Å². The maximum atomic E-state index is 13.1. The minimum Gasteiger partial charge on any atom is -0.333 e. The fourth-order valence-corrected chi connectivity index (χ4v) is 3.99. The average molecular weight is 392 g/mol. The highest BCUT2D eigenvalue weighted by molar-refractivity contribution is 5.79. The quantitative estimate of drug-likeness (QED) is 0.732. The summed E-state index contributed by atoms with van der Waals surface area (Å²) in [7, 11) is 2.06.